The van der Waals surface area contributed by atoms with Gasteiger partial charge in [-0.05, 0) is 55.5 Å². The summed E-state index contributed by atoms with van der Waals surface area (Å²) in [6.07, 6.45) is 8.87. The van der Waals surface area contributed by atoms with Crippen molar-refractivity contribution in [3.63, 3.8) is 0 Å². The van der Waals surface area contributed by atoms with E-state index in [1.807, 2.05) is 0 Å². The van der Waals surface area contributed by atoms with Crippen LogP contribution < -0.4 is 10.5 Å². The van der Waals surface area contributed by atoms with Gasteiger partial charge in [-0.3, -0.25) is 0 Å². The maximum atomic E-state index is 14.3. The molecule has 0 radical (unpaired) electrons. The molecule has 0 spiro atoms. The molecule has 0 bridgehead atoms. The lowest BCUT2D eigenvalue weighted by molar-refractivity contribution is 0.202. The van der Waals surface area contributed by atoms with Gasteiger partial charge in [0.15, 0.2) is 0 Å². The minimum Gasteiger partial charge on any atom is -0.474 e. The Balaban J connectivity index is 1.95. The molecule has 126 valence electrons. The van der Waals surface area contributed by atoms with Crippen LogP contribution in [0.3, 0.4) is 0 Å². The largest absolute Gasteiger partial charge is 0.474 e. The first-order chi connectivity index (χ1) is 11.7. The molecular formula is C19H20F2N2O. The fourth-order valence-corrected chi connectivity index (χ4v) is 2.95. The predicted octanol–water partition coefficient (Wildman–Crippen LogP) is 4.32. The Morgan fingerprint density at radius 2 is 1.92 bits per heavy atom. The van der Waals surface area contributed by atoms with Crippen LogP contribution in [0.5, 0.6) is 5.88 Å². The molecule has 0 aliphatic heterocycles. The summed E-state index contributed by atoms with van der Waals surface area (Å²) in [6.45, 7) is 0.225. The first-order valence-electron chi connectivity index (χ1n) is 8.16. The van der Waals surface area contributed by atoms with Gasteiger partial charge in [-0.15, -0.1) is 0 Å². The van der Waals surface area contributed by atoms with Crippen LogP contribution in [0.4, 0.5) is 8.78 Å². The van der Waals surface area contributed by atoms with Gasteiger partial charge in [0.05, 0.1) is 0 Å². The standard InChI is InChI=1S/C19H20F2N2O/c20-17-11-13(12-18(21)16(17)7-3-9-22)15-8-4-10-23-19(15)24-14-5-1-2-6-14/h3-4,7-8,10-12,14H,1-2,5-6,9,22H2/b7-3+. The average Bonchev–Trinajstić information content (AvgIpc) is 3.07. The summed E-state index contributed by atoms with van der Waals surface area (Å²) in [6, 6.07) is 6.10. The van der Waals surface area contributed by atoms with Gasteiger partial charge in [0.1, 0.15) is 17.7 Å². The molecule has 1 aliphatic rings. The van der Waals surface area contributed by atoms with E-state index in [1.54, 1.807) is 18.3 Å². The molecule has 0 unspecified atom stereocenters. The molecule has 1 aromatic carbocycles. The molecule has 1 saturated carbocycles. The maximum Gasteiger partial charge on any atom is 0.221 e. The molecular weight excluding hydrogens is 310 g/mol. The highest BCUT2D eigenvalue weighted by Crippen LogP contribution is 2.33. The number of aromatic nitrogens is 1. The van der Waals surface area contributed by atoms with Gasteiger partial charge in [0, 0.05) is 23.9 Å². The third kappa shape index (κ3) is 3.62. The molecule has 1 heterocycles. The lowest BCUT2D eigenvalue weighted by Crippen LogP contribution is -2.12. The number of nitrogens with two attached hydrogens (primary N) is 1. The first-order valence-corrected chi connectivity index (χ1v) is 8.16. The van der Waals surface area contributed by atoms with E-state index >= 15 is 0 Å². The zero-order valence-electron chi connectivity index (χ0n) is 13.3. The predicted molar refractivity (Wildman–Crippen MR) is 90.6 cm³/mol. The summed E-state index contributed by atoms with van der Waals surface area (Å²) in [4.78, 5) is 4.25. The van der Waals surface area contributed by atoms with Gasteiger partial charge >= 0.3 is 0 Å². The molecule has 24 heavy (non-hydrogen) atoms. The van der Waals surface area contributed by atoms with E-state index in [2.05, 4.69) is 4.98 Å². The van der Waals surface area contributed by atoms with Crippen molar-refractivity contribution in [2.75, 3.05) is 6.54 Å². The van der Waals surface area contributed by atoms with Crippen LogP contribution in [0.1, 0.15) is 31.2 Å². The Hall–Kier alpha value is -2.27. The van der Waals surface area contributed by atoms with E-state index in [-0.39, 0.29) is 18.2 Å². The summed E-state index contributed by atoms with van der Waals surface area (Å²) in [5, 5.41) is 0. The quantitative estimate of drug-likeness (QED) is 0.888. The smallest absolute Gasteiger partial charge is 0.221 e. The van der Waals surface area contributed by atoms with E-state index in [1.165, 1.54) is 24.3 Å². The summed E-state index contributed by atoms with van der Waals surface area (Å²) in [5.41, 5.74) is 6.25. The summed E-state index contributed by atoms with van der Waals surface area (Å²) in [7, 11) is 0. The van der Waals surface area contributed by atoms with Gasteiger partial charge in [-0.25, -0.2) is 13.8 Å². The Labute approximate surface area is 140 Å². The number of hydrogen-bond acceptors (Lipinski definition) is 3. The highest BCUT2D eigenvalue weighted by Gasteiger charge is 2.20. The highest BCUT2D eigenvalue weighted by atomic mass is 19.1. The molecule has 3 rings (SSSR count). The number of rotatable bonds is 5. The second-order valence-corrected chi connectivity index (χ2v) is 5.87. The topological polar surface area (TPSA) is 48.1 Å². The van der Waals surface area contributed by atoms with Gasteiger partial charge in [-0.2, -0.15) is 0 Å². The zero-order valence-corrected chi connectivity index (χ0v) is 13.3. The fourth-order valence-electron chi connectivity index (χ4n) is 2.95. The maximum absolute atomic E-state index is 14.3. The number of hydrogen-bond donors (Lipinski definition) is 1. The van der Waals surface area contributed by atoms with Crippen LogP contribution in [-0.4, -0.2) is 17.6 Å². The minimum atomic E-state index is -0.634. The molecule has 1 aliphatic carbocycles. The van der Waals surface area contributed by atoms with Crippen LogP contribution in [0.15, 0.2) is 36.5 Å². The SMILES string of the molecule is NC/C=C/c1c(F)cc(-c2cccnc2OC2CCCC2)cc1F. The van der Waals surface area contributed by atoms with Gasteiger partial charge < -0.3 is 10.5 Å². The minimum absolute atomic E-state index is 0.0913. The van der Waals surface area contributed by atoms with Crippen molar-refractivity contribution in [3.8, 4) is 17.0 Å². The molecule has 1 aromatic heterocycles. The van der Waals surface area contributed by atoms with E-state index < -0.39 is 11.6 Å². The zero-order chi connectivity index (χ0) is 16.9. The van der Waals surface area contributed by atoms with Crippen LogP contribution in [0.25, 0.3) is 17.2 Å². The molecule has 0 amide bonds. The Kier molecular flexibility index (Phi) is 5.20. The van der Waals surface area contributed by atoms with Gasteiger partial charge in [-0.1, -0.05) is 12.2 Å². The van der Waals surface area contributed by atoms with E-state index in [0.29, 0.717) is 17.0 Å². The lowest BCUT2D eigenvalue weighted by atomic mass is 10.0. The first kappa shape index (κ1) is 16.6. The third-order valence-electron chi connectivity index (χ3n) is 4.16. The number of pyridine rings is 1. The van der Waals surface area contributed by atoms with Crippen molar-refractivity contribution < 1.29 is 13.5 Å². The van der Waals surface area contributed by atoms with Gasteiger partial charge in [0.2, 0.25) is 5.88 Å². The monoisotopic (exact) mass is 330 g/mol. The Morgan fingerprint density at radius 1 is 1.21 bits per heavy atom. The van der Waals surface area contributed by atoms with E-state index in [9.17, 15) is 8.78 Å². The number of benzene rings is 1. The molecule has 5 heteroatoms. The van der Waals surface area contributed by atoms with Crippen molar-refractivity contribution in [2.45, 2.75) is 31.8 Å². The van der Waals surface area contributed by atoms with Crippen LogP contribution in [-0.2, 0) is 0 Å². The number of nitrogens with zero attached hydrogens (tertiary/aromatic N) is 1. The second-order valence-electron chi connectivity index (χ2n) is 5.87. The van der Waals surface area contributed by atoms with Gasteiger partial charge in [0.25, 0.3) is 0 Å². The molecule has 2 N–H and O–H groups in total. The summed E-state index contributed by atoms with van der Waals surface area (Å²) in [5.74, 6) is -0.843. The normalized spacial score (nSPS) is 15.3. The van der Waals surface area contributed by atoms with Crippen molar-refractivity contribution >= 4 is 6.08 Å². The Bertz CT molecular complexity index is 717. The lowest BCUT2D eigenvalue weighted by Gasteiger charge is -2.15. The molecule has 1 fully saturated rings. The van der Waals surface area contributed by atoms with Crippen LogP contribution in [0, 0.1) is 11.6 Å². The van der Waals surface area contributed by atoms with Crippen molar-refractivity contribution in [1.82, 2.24) is 4.98 Å². The molecule has 0 saturated heterocycles. The summed E-state index contributed by atoms with van der Waals surface area (Å²) >= 11 is 0. The molecule has 0 atom stereocenters. The van der Waals surface area contributed by atoms with Crippen LogP contribution in [0.2, 0.25) is 0 Å². The van der Waals surface area contributed by atoms with Crippen molar-refractivity contribution in [2.24, 2.45) is 5.73 Å². The van der Waals surface area contributed by atoms with Crippen LogP contribution >= 0.6 is 0 Å². The number of halogens is 2. The Morgan fingerprint density at radius 3 is 2.58 bits per heavy atom. The highest BCUT2D eigenvalue weighted by molar-refractivity contribution is 5.70. The number of ether oxygens (including phenoxy) is 1. The van der Waals surface area contributed by atoms with Crippen molar-refractivity contribution in [3.05, 3.63) is 53.7 Å². The van der Waals surface area contributed by atoms with Crippen molar-refractivity contribution in [1.29, 1.82) is 0 Å². The van der Waals surface area contributed by atoms with E-state index in [4.69, 9.17) is 10.5 Å². The molecule has 2 aromatic rings. The second kappa shape index (κ2) is 7.53. The third-order valence-corrected chi connectivity index (χ3v) is 4.16. The fraction of sp³-hybridized carbons (Fsp3) is 0.316. The average molecular weight is 330 g/mol. The molecule has 3 nitrogen and oxygen atoms in total. The van der Waals surface area contributed by atoms with E-state index in [0.717, 1.165) is 25.7 Å². The summed E-state index contributed by atoms with van der Waals surface area (Å²) < 4.78 is 34.5.